The molecule has 0 spiro atoms. The third-order valence-electron chi connectivity index (χ3n) is 6.77. The lowest BCUT2D eigenvalue weighted by Crippen LogP contribution is -2.30. The Morgan fingerprint density at radius 2 is 1.43 bits per heavy atom. The molecule has 0 saturated heterocycles. The van der Waals surface area contributed by atoms with Crippen LogP contribution in [0.5, 0.6) is 5.75 Å². The lowest BCUT2D eigenvalue weighted by Gasteiger charge is -2.18. The van der Waals surface area contributed by atoms with Crippen LogP contribution < -0.4 is 20.7 Å². The highest BCUT2D eigenvalue weighted by atomic mass is 35.5. The fourth-order valence-corrected chi connectivity index (χ4v) is 5.66. The number of nitrogens with one attached hydrogen (secondary N) is 3. The molecule has 9 heteroatoms. The standard InChI is InChI=1S/C37H30ClN3O4S/c1-45-29-16-10-11-25(23-29)24-33(41-35(42)27-14-6-3-7-15-27)36(43)39-28-19-21-30(22-20-28)46-34(26-12-4-2-5-13-26)37(44)40-32-18-9-8-17-31(32)38/h2-24,34H,1H3,(H,39,43)(H,40,44)(H,41,42)/b33-24-. The van der Waals surface area contributed by atoms with Crippen molar-refractivity contribution in [2.24, 2.45) is 0 Å². The molecule has 1 atom stereocenters. The van der Waals surface area contributed by atoms with Crippen LogP contribution in [0.25, 0.3) is 6.08 Å². The average Bonchev–Trinajstić information content (AvgIpc) is 3.09. The quantitative estimate of drug-likeness (QED) is 0.0991. The van der Waals surface area contributed by atoms with Gasteiger partial charge in [0.25, 0.3) is 11.8 Å². The van der Waals surface area contributed by atoms with Crippen molar-refractivity contribution in [3.05, 3.63) is 161 Å². The number of hydrogen-bond acceptors (Lipinski definition) is 5. The van der Waals surface area contributed by atoms with Crippen LogP contribution in [0.2, 0.25) is 5.02 Å². The summed E-state index contributed by atoms with van der Waals surface area (Å²) in [6.07, 6.45) is 1.59. The zero-order valence-electron chi connectivity index (χ0n) is 24.8. The maximum atomic E-state index is 13.5. The first-order valence-corrected chi connectivity index (χ1v) is 15.6. The summed E-state index contributed by atoms with van der Waals surface area (Å²) in [6, 6.07) is 39.5. The fraction of sp³-hybridized carbons (Fsp3) is 0.0541. The maximum Gasteiger partial charge on any atom is 0.272 e. The Balaban J connectivity index is 1.34. The minimum atomic E-state index is -0.566. The van der Waals surface area contributed by atoms with Crippen molar-refractivity contribution >= 4 is 58.5 Å². The van der Waals surface area contributed by atoms with Crippen LogP contribution in [0.3, 0.4) is 0 Å². The average molecular weight is 648 g/mol. The smallest absolute Gasteiger partial charge is 0.272 e. The normalized spacial score (nSPS) is 11.7. The Bertz CT molecular complexity index is 1850. The summed E-state index contributed by atoms with van der Waals surface area (Å²) in [7, 11) is 1.56. The molecule has 5 aromatic rings. The largest absolute Gasteiger partial charge is 0.497 e. The molecule has 3 N–H and O–H groups in total. The number of hydrogen-bond donors (Lipinski definition) is 3. The molecule has 0 radical (unpaired) electrons. The Kier molecular flexibility index (Phi) is 10.9. The molecule has 0 aliphatic heterocycles. The van der Waals surface area contributed by atoms with Crippen molar-refractivity contribution < 1.29 is 19.1 Å². The number of anilines is 2. The number of amides is 3. The van der Waals surface area contributed by atoms with E-state index >= 15 is 0 Å². The molecule has 46 heavy (non-hydrogen) atoms. The highest BCUT2D eigenvalue weighted by Crippen LogP contribution is 2.37. The van der Waals surface area contributed by atoms with Gasteiger partial charge in [-0.3, -0.25) is 14.4 Å². The van der Waals surface area contributed by atoms with Gasteiger partial charge >= 0.3 is 0 Å². The third-order valence-corrected chi connectivity index (χ3v) is 8.37. The van der Waals surface area contributed by atoms with E-state index in [4.69, 9.17) is 16.3 Å². The van der Waals surface area contributed by atoms with Gasteiger partial charge < -0.3 is 20.7 Å². The molecule has 0 aliphatic carbocycles. The number of para-hydroxylation sites is 1. The minimum Gasteiger partial charge on any atom is -0.497 e. The van der Waals surface area contributed by atoms with Crippen LogP contribution in [0.4, 0.5) is 11.4 Å². The second kappa shape index (κ2) is 15.6. The second-order valence-electron chi connectivity index (χ2n) is 10.0. The van der Waals surface area contributed by atoms with Crippen molar-refractivity contribution in [2.75, 3.05) is 17.7 Å². The molecule has 3 amide bonds. The number of ether oxygens (including phenoxy) is 1. The molecule has 0 bridgehead atoms. The molecular weight excluding hydrogens is 618 g/mol. The van der Waals surface area contributed by atoms with Crippen molar-refractivity contribution in [3.63, 3.8) is 0 Å². The Labute approximate surface area is 276 Å². The van der Waals surface area contributed by atoms with Crippen LogP contribution in [0, 0.1) is 0 Å². The number of thioether (sulfide) groups is 1. The molecule has 5 aromatic carbocycles. The molecule has 0 heterocycles. The zero-order chi connectivity index (χ0) is 32.3. The van der Waals surface area contributed by atoms with E-state index < -0.39 is 17.1 Å². The van der Waals surface area contributed by atoms with Crippen molar-refractivity contribution in [3.8, 4) is 5.75 Å². The Hall–Kier alpha value is -5.31. The summed E-state index contributed by atoms with van der Waals surface area (Å²) in [6.45, 7) is 0. The predicted octanol–water partition coefficient (Wildman–Crippen LogP) is 8.23. The predicted molar refractivity (Wildman–Crippen MR) is 185 cm³/mol. The van der Waals surface area contributed by atoms with Crippen LogP contribution >= 0.6 is 23.4 Å². The summed E-state index contributed by atoms with van der Waals surface area (Å²) in [5.41, 5.74) is 3.02. The Morgan fingerprint density at radius 1 is 0.761 bits per heavy atom. The van der Waals surface area contributed by atoms with Gasteiger partial charge in [-0.25, -0.2) is 0 Å². The van der Waals surface area contributed by atoms with Crippen LogP contribution in [-0.2, 0) is 9.59 Å². The van der Waals surface area contributed by atoms with Gasteiger partial charge in [-0.2, -0.15) is 0 Å². The third kappa shape index (κ3) is 8.65. The van der Waals surface area contributed by atoms with Crippen LogP contribution in [0.15, 0.2) is 144 Å². The van der Waals surface area contributed by atoms with E-state index in [0.29, 0.717) is 33.3 Å². The highest BCUT2D eigenvalue weighted by molar-refractivity contribution is 8.00. The molecule has 0 fully saturated rings. The van der Waals surface area contributed by atoms with Gasteiger partial charge in [-0.1, -0.05) is 84.4 Å². The number of rotatable bonds is 11. The van der Waals surface area contributed by atoms with Crippen molar-refractivity contribution in [2.45, 2.75) is 10.1 Å². The zero-order valence-corrected chi connectivity index (χ0v) is 26.3. The molecule has 5 rings (SSSR count). The van der Waals surface area contributed by atoms with Gasteiger partial charge in [0.1, 0.15) is 16.7 Å². The summed E-state index contributed by atoms with van der Waals surface area (Å²) < 4.78 is 5.31. The highest BCUT2D eigenvalue weighted by Gasteiger charge is 2.23. The number of carbonyl (C=O) groups excluding carboxylic acids is 3. The van der Waals surface area contributed by atoms with Crippen LogP contribution in [0.1, 0.15) is 26.7 Å². The molecular formula is C37H30ClN3O4S. The van der Waals surface area contributed by atoms with Gasteiger partial charge in [0.2, 0.25) is 5.91 Å². The first kappa shape index (κ1) is 32.1. The number of methoxy groups -OCH3 is 1. The first-order chi connectivity index (χ1) is 22.4. The number of carbonyl (C=O) groups is 3. The summed E-state index contributed by atoms with van der Waals surface area (Å²) in [5.74, 6) is -0.527. The van der Waals surface area contributed by atoms with Gasteiger partial charge in [-0.05, 0) is 77.9 Å². The lowest BCUT2D eigenvalue weighted by atomic mass is 10.1. The van der Waals surface area contributed by atoms with Gasteiger partial charge in [-0.15, -0.1) is 11.8 Å². The lowest BCUT2D eigenvalue weighted by molar-refractivity contribution is -0.116. The van der Waals surface area contributed by atoms with E-state index in [2.05, 4.69) is 16.0 Å². The molecule has 1 unspecified atom stereocenters. The number of halogens is 1. The van der Waals surface area contributed by atoms with Crippen LogP contribution in [-0.4, -0.2) is 24.8 Å². The summed E-state index contributed by atoms with van der Waals surface area (Å²) in [4.78, 5) is 40.7. The van der Waals surface area contributed by atoms with E-state index in [1.165, 1.54) is 11.8 Å². The van der Waals surface area contributed by atoms with E-state index in [1.807, 2.05) is 60.7 Å². The number of benzene rings is 5. The molecule has 0 aromatic heterocycles. The maximum absolute atomic E-state index is 13.5. The van der Waals surface area contributed by atoms with Gasteiger partial charge in [0.15, 0.2) is 0 Å². The molecule has 0 aliphatic rings. The first-order valence-electron chi connectivity index (χ1n) is 14.3. The van der Waals surface area contributed by atoms with E-state index in [1.54, 1.807) is 86.0 Å². The monoisotopic (exact) mass is 647 g/mol. The summed E-state index contributed by atoms with van der Waals surface area (Å²) >= 11 is 7.66. The summed E-state index contributed by atoms with van der Waals surface area (Å²) in [5, 5.41) is 8.43. The topological polar surface area (TPSA) is 96.5 Å². The second-order valence-corrected chi connectivity index (χ2v) is 11.6. The van der Waals surface area contributed by atoms with E-state index in [9.17, 15) is 14.4 Å². The molecule has 0 saturated carbocycles. The molecule has 230 valence electrons. The molecule has 7 nitrogen and oxygen atoms in total. The van der Waals surface area contributed by atoms with Crippen molar-refractivity contribution in [1.82, 2.24) is 5.32 Å². The van der Waals surface area contributed by atoms with E-state index in [-0.39, 0.29) is 11.6 Å². The van der Waals surface area contributed by atoms with Crippen molar-refractivity contribution in [1.29, 1.82) is 0 Å². The van der Waals surface area contributed by atoms with E-state index in [0.717, 1.165) is 10.5 Å². The fourth-order valence-electron chi connectivity index (χ4n) is 4.45. The SMILES string of the molecule is COc1cccc(/C=C(\NC(=O)c2ccccc2)C(=O)Nc2ccc(SC(C(=O)Nc3ccccc3Cl)c3ccccc3)cc2)c1. The minimum absolute atomic E-state index is 0.0564. The van der Waals surface area contributed by atoms with Gasteiger partial charge in [0.05, 0.1) is 17.8 Å². The van der Waals surface area contributed by atoms with Gasteiger partial charge in [0, 0.05) is 16.1 Å². The Morgan fingerprint density at radius 3 is 2.13 bits per heavy atom.